The predicted octanol–water partition coefficient (Wildman–Crippen LogP) is 2.57. The minimum atomic E-state index is -1.37. The fourth-order valence-electron chi connectivity index (χ4n) is 1.89. The Labute approximate surface area is 117 Å². The third-order valence-electron chi connectivity index (χ3n) is 3.25. The summed E-state index contributed by atoms with van der Waals surface area (Å²) in [6.45, 7) is 4.76. The number of carbonyl (C=O) groups is 2. The number of urea groups is 1. The summed E-state index contributed by atoms with van der Waals surface area (Å²) in [6.07, 6.45) is 0. The number of amides is 2. The van der Waals surface area contributed by atoms with Gasteiger partial charge in [0.05, 0.1) is 5.69 Å². The molecule has 1 rings (SSSR count). The van der Waals surface area contributed by atoms with Gasteiger partial charge in [-0.3, -0.25) is 4.90 Å². The number of carbonyl (C=O) groups excluding carboxylic acids is 1. The molecule has 0 aromatic heterocycles. The highest BCUT2D eigenvalue weighted by molar-refractivity contribution is 5.95. The molecule has 20 heavy (non-hydrogen) atoms. The topological polar surface area (TPSA) is 60.9 Å². The fourth-order valence-corrected chi connectivity index (χ4v) is 1.89. The number of carboxylic acid groups (broad SMARTS) is 1. The van der Waals surface area contributed by atoms with E-state index in [2.05, 4.69) is 0 Å². The van der Waals surface area contributed by atoms with Gasteiger partial charge in [-0.05, 0) is 32.9 Å². The van der Waals surface area contributed by atoms with E-state index in [0.29, 0.717) is 0 Å². The molecule has 0 aliphatic heterocycles. The summed E-state index contributed by atoms with van der Waals surface area (Å²) < 4.78 is 13.7. The van der Waals surface area contributed by atoms with Gasteiger partial charge < -0.3 is 10.0 Å². The molecule has 1 aromatic carbocycles. The lowest BCUT2D eigenvalue weighted by molar-refractivity contribution is -0.147. The van der Waals surface area contributed by atoms with Crippen LogP contribution in [0.25, 0.3) is 0 Å². The summed E-state index contributed by atoms with van der Waals surface area (Å²) in [5.74, 6) is -1.65. The lowest BCUT2D eigenvalue weighted by Gasteiger charge is -2.36. The molecule has 0 unspecified atom stereocenters. The van der Waals surface area contributed by atoms with Crippen LogP contribution in [0.5, 0.6) is 0 Å². The van der Waals surface area contributed by atoms with Gasteiger partial charge in [0.1, 0.15) is 11.4 Å². The van der Waals surface area contributed by atoms with Gasteiger partial charge in [0.15, 0.2) is 0 Å². The number of benzene rings is 1. The zero-order valence-corrected chi connectivity index (χ0v) is 12.1. The highest BCUT2D eigenvalue weighted by atomic mass is 19.1. The first kappa shape index (κ1) is 15.9. The van der Waals surface area contributed by atoms with Gasteiger partial charge in [-0.15, -0.1) is 0 Å². The Morgan fingerprint density at radius 2 is 1.85 bits per heavy atom. The first-order valence-electron chi connectivity index (χ1n) is 6.26. The van der Waals surface area contributed by atoms with Crippen LogP contribution in [0.1, 0.15) is 20.8 Å². The number of anilines is 1. The lowest BCUT2D eigenvalue weighted by Crippen LogP contribution is -2.56. The Bertz CT molecular complexity index is 517. The van der Waals surface area contributed by atoms with E-state index in [1.165, 1.54) is 44.0 Å². The second-order valence-corrected chi connectivity index (χ2v) is 4.90. The number of carboxylic acids is 1. The van der Waals surface area contributed by atoms with Gasteiger partial charge in [0.2, 0.25) is 0 Å². The van der Waals surface area contributed by atoms with E-state index in [-0.39, 0.29) is 12.2 Å². The van der Waals surface area contributed by atoms with Gasteiger partial charge in [-0.2, -0.15) is 0 Å². The van der Waals surface area contributed by atoms with Gasteiger partial charge in [-0.25, -0.2) is 14.0 Å². The third kappa shape index (κ3) is 2.89. The Morgan fingerprint density at radius 1 is 1.30 bits per heavy atom. The van der Waals surface area contributed by atoms with Crippen LogP contribution in [-0.4, -0.2) is 41.1 Å². The van der Waals surface area contributed by atoms with Crippen LogP contribution in [0.4, 0.5) is 14.9 Å². The molecule has 6 heteroatoms. The Morgan fingerprint density at radius 3 is 2.30 bits per heavy atom. The van der Waals surface area contributed by atoms with E-state index in [9.17, 15) is 19.1 Å². The minimum Gasteiger partial charge on any atom is -0.480 e. The van der Waals surface area contributed by atoms with Gasteiger partial charge >= 0.3 is 12.0 Å². The Balaban J connectivity index is 3.10. The van der Waals surface area contributed by atoms with Crippen molar-refractivity contribution in [2.75, 3.05) is 18.5 Å². The molecule has 0 atom stereocenters. The quantitative estimate of drug-likeness (QED) is 0.923. The molecule has 5 nitrogen and oxygen atoms in total. The molecular weight excluding hydrogens is 263 g/mol. The lowest BCUT2D eigenvalue weighted by atomic mass is 10.0. The van der Waals surface area contributed by atoms with E-state index in [0.717, 1.165) is 4.90 Å². The second kappa shape index (κ2) is 5.90. The summed E-state index contributed by atoms with van der Waals surface area (Å²) in [5, 5.41) is 9.21. The molecule has 1 aromatic rings. The first-order chi connectivity index (χ1) is 9.23. The van der Waals surface area contributed by atoms with Gasteiger partial charge in [0.25, 0.3) is 0 Å². The molecule has 0 radical (unpaired) electrons. The van der Waals surface area contributed by atoms with E-state index in [4.69, 9.17) is 0 Å². The van der Waals surface area contributed by atoms with E-state index in [1.54, 1.807) is 13.0 Å². The number of likely N-dealkylation sites (N-methyl/N-ethyl adjacent to an activating group) is 1. The highest BCUT2D eigenvalue weighted by Crippen LogP contribution is 2.22. The average Bonchev–Trinajstić information content (AvgIpc) is 2.38. The van der Waals surface area contributed by atoms with Crippen LogP contribution in [-0.2, 0) is 4.79 Å². The largest absolute Gasteiger partial charge is 0.480 e. The number of halogens is 1. The summed E-state index contributed by atoms with van der Waals surface area (Å²) in [5.41, 5.74) is -1.26. The number of nitrogens with zero attached hydrogens (tertiary/aromatic N) is 2. The third-order valence-corrected chi connectivity index (χ3v) is 3.25. The monoisotopic (exact) mass is 282 g/mol. The van der Waals surface area contributed by atoms with Crippen molar-refractivity contribution < 1.29 is 19.1 Å². The second-order valence-electron chi connectivity index (χ2n) is 4.90. The summed E-state index contributed by atoms with van der Waals surface area (Å²) in [7, 11) is 1.42. The van der Waals surface area contributed by atoms with Gasteiger partial charge in [0, 0.05) is 13.6 Å². The molecule has 0 heterocycles. The summed E-state index contributed by atoms with van der Waals surface area (Å²) in [4.78, 5) is 26.0. The van der Waals surface area contributed by atoms with Gasteiger partial charge in [-0.1, -0.05) is 12.1 Å². The highest BCUT2D eigenvalue weighted by Gasteiger charge is 2.38. The SMILES string of the molecule is CCN(C(=O)N(C)c1ccccc1F)C(C)(C)C(=O)O. The zero-order chi connectivity index (χ0) is 15.5. The van der Waals surface area contributed by atoms with Crippen LogP contribution >= 0.6 is 0 Å². The first-order valence-corrected chi connectivity index (χ1v) is 6.26. The molecule has 0 bridgehead atoms. The molecule has 0 aliphatic carbocycles. The maximum atomic E-state index is 13.7. The normalized spacial score (nSPS) is 11.1. The molecule has 0 spiro atoms. The number of hydrogen-bond donors (Lipinski definition) is 1. The number of rotatable bonds is 4. The number of hydrogen-bond acceptors (Lipinski definition) is 2. The van der Waals surface area contributed by atoms with Crippen LogP contribution in [0.3, 0.4) is 0 Å². The average molecular weight is 282 g/mol. The minimum absolute atomic E-state index is 0.108. The van der Waals surface area contributed by atoms with Crippen LogP contribution < -0.4 is 4.90 Å². The zero-order valence-electron chi connectivity index (χ0n) is 12.1. The van der Waals surface area contributed by atoms with Crippen LogP contribution in [0.15, 0.2) is 24.3 Å². The molecule has 0 aliphatic rings. The van der Waals surface area contributed by atoms with E-state index < -0.39 is 23.4 Å². The predicted molar refractivity (Wildman–Crippen MR) is 74.3 cm³/mol. The van der Waals surface area contributed by atoms with Crippen molar-refractivity contribution in [2.45, 2.75) is 26.3 Å². The van der Waals surface area contributed by atoms with Crippen molar-refractivity contribution in [2.24, 2.45) is 0 Å². The molecule has 110 valence electrons. The van der Waals surface area contributed by atoms with E-state index in [1.807, 2.05) is 0 Å². The van der Waals surface area contributed by atoms with Crippen molar-refractivity contribution in [1.29, 1.82) is 0 Å². The summed E-state index contributed by atoms with van der Waals surface area (Å²) in [6, 6.07) is 5.29. The van der Waals surface area contributed by atoms with E-state index >= 15 is 0 Å². The molecule has 0 fully saturated rings. The maximum Gasteiger partial charge on any atom is 0.329 e. The maximum absolute atomic E-state index is 13.7. The molecule has 0 saturated heterocycles. The molecule has 2 amide bonds. The van der Waals surface area contributed by atoms with Crippen molar-refractivity contribution in [3.63, 3.8) is 0 Å². The fraction of sp³-hybridized carbons (Fsp3) is 0.429. The van der Waals surface area contributed by atoms with Crippen molar-refractivity contribution in [1.82, 2.24) is 4.90 Å². The van der Waals surface area contributed by atoms with Crippen LogP contribution in [0.2, 0.25) is 0 Å². The Kier molecular flexibility index (Phi) is 4.70. The number of aliphatic carboxylic acids is 1. The number of para-hydroxylation sites is 1. The smallest absolute Gasteiger partial charge is 0.329 e. The summed E-state index contributed by atoms with van der Waals surface area (Å²) >= 11 is 0. The molecule has 1 N–H and O–H groups in total. The standard InChI is InChI=1S/C14H19FN2O3/c1-5-17(14(2,3)12(18)19)13(20)16(4)11-9-7-6-8-10(11)15/h6-9H,5H2,1-4H3,(H,18,19). The van der Waals surface area contributed by atoms with Crippen LogP contribution in [0, 0.1) is 5.82 Å². The molecule has 0 saturated carbocycles. The Hall–Kier alpha value is -2.11. The van der Waals surface area contributed by atoms with Crippen molar-refractivity contribution in [3.8, 4) is 0 Å². The van der Waals surface area contributed by atoms with Crippen molar-refractivity contribution in [3.05, 3.63) is 30.1 Å². The van der Waals surface area contributed by atoms with Crippen molar-refractivity contribution >= 4 is 17.7 Å². The molecular formula is C14H19FN2O3.